The minimum atomic E-state index is -0.524. The van der Waals surface area contributed by atoms with Crippen LogP contribution < -0.4 is 15.4 Å². The van der Waals surface area contributed by atoms with Gasteiger partial charge in [-0.2, -0.15) is 5.10 Å². The second kappa shape index (κ2) is 13.0. The molecule has 4 heterocycles. The van der Waals surface area contributed by atoms with Gasteiger partial charge in [-0.1, -0.05) is 12.1 Å². The van der Waals surface area contributed by atoms with Gasteiger partial charge in [0.1, 0.15) is 17.3 Å². The minimum absolute atomic E-state index is 0.145. The number of nitrogens with one attached hydrogen (secondary N) is 3. The monoisotopic (exact) mass is 609 g/mol. The van der Waals surface area contributed by atoms with Crippen LogP contribution in [0.2, 0.25) is 0 Å². The molecule has 2 aliphatic rings. The molecule has 2 amide bonds. The summed E-state index contributed by atoms with van der Waals surface area (Å²) in [6, 6.07) is 13.2. The molecular weight excluding hydrogens is 573 g/mol. The van der Waals surface area contributed by atoms with E-state index in [2.05, 4.69) is 30.8 Å². The molecule has 10 nitrogen and oxygen atoms in total. The third-order valence-electron chi connectivity index (χ3n) is 8.42. The number of nitrogens with zero attached hydrogens (tertiary/aromatic N) is 4. The van der Waals surface area contributed by atoms with Crippen LogP contribution in [0.4, 0.5) is 4.39 Å². The number of H-pyrrole nitrogens is 1. The summed E-state index contributed by atoms with van der Waals surface area (Å²) in [4.78, 5) is 37.7. The van der Waals surface area contributed by atoms with E-state index in [0.717, 1.165) is 39.3 Å². The van der Waals surface area contributed by atoms with E-state index in [4.69, 9.17) is 4.74 Å². The Labute approximate surface area is 260 Å². The molecule has 0 saturated carbocycles. The lowest BCUT2D eigenvalue weighted by Crippen LogP contribution is -2.56. The van der Waals surface area contributed by atoms with E-state index in [0.29, 0.717) is 49.2 Å². The zero-order valence-electron chi connectivity index (χ0n) is 25.6. The number of benzene rings is 2. The predicted molar refractivity (Wildman–Crippen MR) is 171 cm³/mol. The molecule has 4 aromatic rings. The Bertz CT molecular complexity index is 1810. The van der Waals surface area contributed by atoms with Gasteiger partial charge in [0.2, 0.25) is 5.91 Å². The number of hydrogen-bond donors (Lipinski definition) is 3. The number of hydrogen-bond acceptors (Lipinski definition) is 7. The summed E-state index contributed by atoms with van der Waals surface area (Å²) in [5.74, 6) is -0.394. The van der Waals surface area contributed by atoms with Gasteiger partial charge in [0.25, 0.3) is 5.91 Å². The molecule has 1 saturated heterocycles. The molecule has 3 N–H and O–H groups in total. The van der Waals surface area contributed by atoms with Gasteiger partial charge in [0.05, 0.1) is 25.2 Å². The van der Waals surface area contributed by atoms with E-state index < -0.39 is 11.9 Å². The Morgan fingerprint density at radius 3 is 2.78 bits per heavy atom. The fourth-order valence-corrected chi connectivity index (χ4v) is 6.01. The molecule has 1 fully saturated rings. The number of piperidine rings is 1. The molecule has 2 atom stereocenters. The summed E-state index contributed by atoms with van der Waals surface area (Å²) in [5, 5.41) is 14.6. The maximum Gasteiger partial charge on any atom is 0.251 e. The Morgan fingerprint density at radius 1 is 1.13 bits per heavy atom. The van der Waals surface area contributed by atoms with Crippen LogP contribution >= 0.6 is 0 Å². The summed E-state index contributed by atoms with van der Waals surface area (Å²) in [6.45, 7) is 4.80. The van der Waals surface area contributed by atoms with E-state index >= 15 is 4.39 Å². The Hall–Kier alpha value is -4.90. The number of allylic oxidation sites excluding steroid dienone is 1. The summed E-state index contributed by atoms with van der Waals surface area (Å²) in [6.07, 6.45) is 5.48. The first kappa shape index (κ1) is 30.1. The van der Waals surface area contributed by atoms with Gasteiger partial charge in [-0.25, -0.2) is 4.39 Å². The molecule has 2 unspecified atom stereocenters. The lowest BCUT2D eigenvalue weighted by Gasteiger charge is -2.39. The molecule has 2 aromatic carbocycles. The molecule has 6 rings (SSSR count). The van der Waals surface area contributed by atoms with Crippen molar-refractivity contribution in [3.05, 3.63) is 89.1 Å². The topological polar surface area (TPSA) is 125 Å². The second-order valence-corrected chi connectivity index (χ2v) is 11.6. The summed E-state index contributed by atoms with van der Waals surface area (Å²) >= 11 is 0. The van der Waals surface area contributed by atoms with E-state index in [-0.39, 0.29) is 24.4 Å². The van der Waals surface area contributed by atoms with Crippen molar-refractivity contribution >= 4 is 28.4 Å². The van der Waals surface area contributed by atoms with Crippen molar-refractivity contribution in [1.82, 2.24) is 30.7 Å². The number of halogens is 1. The molecule has 0 radical (unpaired) electrons. The molecule has 0 bridgehead atoms. The summed E-state index contributed by atoms with van der Waals surface area (Å²) in [5.41, 5.74) is 6.00. The zero-order valence-corrected chi connectivity index (χ0v) is 25.6. The SMILES string of the molecule is COc1cccc(F)c1CN1CC(NC(=O)c2ccc3[nH]nc(-c4ccnc(C)c4)c3c2)CCC1C(=O)NC1=CCC(C)=NC1. The Morgan fingerprint density at radius 2 is 2.00 bits per heavy atom. The van der Waals surface area contributed by atoms with E-state index in [1.54, 1.807) is 24.4 Å². The van der Waals surface area contributed by atoms with Crippen molar-refractivity contribution in [2.75, 3.05) is 20.2 Å². The van der Waals surface area contributed by atoms with Crippen LogP contribution in [0.3, 0.4) is 0 Å². The molecular formula is C34H36FN7O3. The lowest BCUT2D eigenvalue weighted by molar-refractivity contribution is -0.127. The number of fused-ring (bicyclic) bond motifs is 1. The van der Waals surface area contributed by atoms with Crippen molar-refractivity contribution < 1.29 is 18.7 Å². The van der Waals surface area contributed by atoms with Crippen LogP contribution in [0.5, 0.6) is 5.75 Å². The van der Waals surface area contributed by atoms with Gasteiger partial charge in [-0.15, -0.1) is 0 Å². The number of aryl methyl sites for hydroxylation is 1. The third-order valence-corrected chi connectivity index (χ3v) is 8.42. The van der Waals surface area contributed by atoms with Crippen LogP contribution in [-0.4, -0.2) is 69.9 Å². The highest BCUT2D eigenvalue weighted by atomic mass is 19.1. The Kier molecular flexibility index (Phi) is 8.70. The molecule has 0 aliphatic carbocycles. The average molecular weight is 610 g/mol. The lowest BCUT2D eigenvalue weighted by atomic mass is 9.95. The number of ether oxygens (including phenoxy) is 1. The first-order valence-electron chi connectivity index (χ1n) is 15.1. The summed E-state index contributed by atoms with van der Waals surface area (Å²) in [7, 11) is 1.50. The third kappa shape index (κ3) is 6.63. The molecule has 2 aromatic heterocycles. The number of dihydropyridines is 1. The van der Waals surface area contributed by atoms with Crippen LogP contribution in [0.15, 0.2) is 71.5 Å². The van der Waals surface area contributed by atoms with Crippen LogP contribution in [0, 0.1) is 12.7 Å². The molecule has 232 valence electrons. The molecule has 2 aliphatic heterocycles. The second-order valence-electron chi connectivity index (χ2n) is 11.6. The average Bonchev–Trinajstić information content (AvgIpc) is 3.47. The van der Waals surface area contributed by atoms with Gasteiger partial charge >= 0.3 is 0 Å². The minimum Gasteiger partial charge on any atom is -0.496 e. The number of pyridine rings is 1. The largest absolute Gasteiger partial charge is 0.496 e. The number of amides is 2. The highest BCUT2D eigenvalue weighted by Gasteiger charge is 2.35. The number of carbonyl (C=O) groups excluding carboxylic acids is 2. The van der Waals surface area contributed by atoms with Gasteiger partial charge in [0.15, 0.2) is 0 Å². The quantitative estimate of drug-likeness (QED) is 0.266. The normalized spacial score (nSPS) is 18.7. The van der Waals surface area contributed by atoms with Gasteiger partial charge in [0, 0.05) is 70.9 Å². The van der Waals surface area contributed by atoms with Crippen molar-refractivity contribution in [2.24, 2.45) is 4.99 Å². The maximum atomic E-state index is 15.0. The fraction of sp³-hybridized carbons (Fsp3) is 0.324. The number of carbonyl (C=O) groups is 2. The Balaban J connectivity index is 1.21. The van der Waals surface area contributed by atoms with Gasteiger partial charge in [-0.05, 0) is 69.2 Å². The first-order chi connectivity index (χ1) is 21.8. The van der Waals surface area contributed by atoms with Crippen LogP contribution in [0.25, 0.3) is 22.2 Å². The molecule has 11 heteroatoms. The van der Waals surface area contributed by atoms with Crippen molar-refractivity contribution in [2.45, 2.75) is 51.7 Å². The highest BCUT2D eigenvalue weighted by molar-refractivity contribution is 6.01. The van der Waals surface area contributed by atoms with Crippen LogP contribution in [-0.2, 0) is 11.3 Å². The number of aromatic amines is 1. The molecule has 0 spiro atoms. The predicted octanol–water partition coefficient (Wildman–Crippen LogP) is 4.71. The molecule has 45 heavy (non-hydrogen) atoms. The highest BCUT2D eigenvalue weighted by Crippen LogP contribution is 2.29. The van der Waals surface area contributed by atoms with Crippen molar-refractivity contribution in [1.29, 1.82) is 0 Å². The first-order valence-corrected chi connectivity index (χ1v) is 15.1. The van der Waals surface area contributed by atoms with E-state index in [1.165, 1.54) is 13.2 Å². The smallest absolute Gasteiger partial charge is 0.251 e. The van der Waals surface area contributed by atoms with Crippen LogP contribution in [0.1, 0.15) is 47.8 Å². The zero-order chi connectivity index (χ0) is 31.5. The fourth-order valence-electron chi connectivity index (χ4n) is 6.01. The number of aromatic nitrogens is 3. The van der Waals surface area contributed by atoms with Crippen molar-refractivity contribution in [3.8, 4) is 17.0 Å². The number of likely N-dealkylation sites (tertiary alicyclic amines) is 1. The van der Waals surface area contributed by atoms with E-state index in [1.807, 2.05) is 49.1 Å². The number of rotatable bonds is 8. The maximum absolute atomic E-state index is 15.0. The summed E-state index contributed by atoms with van der Waals surface area (Å²) < 4.78 is 20.5. The number of aliphatic imine (C=N–C) groups is 1. The standard InChI is InChI=1S/C34H36FN7O3/c1-20-7-9-24(17-37-20)38-34(44)30-12-10-25(18-42(30)19-27-28(35)5-4-6-31(27)45-3)39-33(43)23-8-11-29-26(16-23)32(41-40-29)22-13-14-36-21(2)15-22/h4-6,8-9,11,13-16,25,30H,7,10,12,17-19H2,1-3H3,(H,38,44)(H,39,43)(H,40,41). The van der Waals surface area contributed by atoms with Gasteiger partial charge in [-0.3, -0.25) is 29.6 Å². The number of methoxy groups -OCH3 is 1. The van der Waals surface area contributed by atoms with Gasteiger partial charge < -0.3 is 15.4 Å². The van der Waals surface area contributed by atoms with E-state index in [9.17, 15) is 9.59 Å². The van der Waals surface area contributed by atoms with Crippen molar-refractivity contribution in [3.63, 3.8) is 0 Å².